The SMILES string of the molecule is CC(C)NC(=O)N(S)c1ccc(O)c(Cl)c1. The smallest absolute Gasteiger partial charge is 0.332 e. The first-order valence-electron chi connectivity index (χ1n) is 4.70. The van der Waals surface area contributed by atoms with Gasteiger partial charge in [-0.15, -0.1) is 0 Å². The average molecular weight is 261 g/mol. The van der Waals surface area contributed by atoms with Crippen LogP contribution in [0.4, 0.5) is 10.5 Å². The molecule has 0 unspecified atom stereocenters. The second kappa shape index (κ2) is 5.32. The number of thiol groups is 1. The molecule has 0 spiro atoms. The number of aromatic hydroxyl groups is 1. The van der Waals surface area contributed by atoms with Gasteiger partial charge in [0.2, 0.25) is 0 Å². The molecule has 0 heterocycles. The highest BCUT2D eigenvalue weighted by Crippen LogP contribution is 2.28. The van der Waals surface area contributed by atoms with E-state index in [4.69, 9.17) is 11.6 Å². The van der Waals surface area contributed by atoms with Crippen LogP contribution >= 0.6 is 24.4 Å². The zero-order valence-corrected chi connectivity index (χ0v) is 10.6. The Morgan fingerprint density at radius 1 is 1.56 bits per heavy atom. The Morgan fingerprint density at radius 3 is 2.69 bits per heavy atom. The number of urea groups is 1. The number of rotatable bonds is 2. The predicted octanol–water partition coefficient (Wildman–Crippen LogP) is 2.81. The van der Waals surface area contributed by atoms with Crippen LogP contribution < -0.4 is 9.62 Å². The molecule has 0 aliphatic rings. The van der Waals surface area contributed by atoms with Gasteiger partial charge in [0.05, 0.1) is 10.7 Å². The number of carbonyl (C=O) groups excluding carboxylic acids is 1. The molecule has 1 rings (SSSR count). The summed E-state index contributed by atoms with van der Waals surface area (Å²) in [5.74, 6) is -0.0311. The van der Waals surface area contributed by atoms with Crippen LogP contribution in [0.25, 0.3) is 0 Å². The van der Waals surface area contributed by atoms with Crippen LogP contribution in [0, 0.1) is 0 Å². The summed E-state index contributed by atoms with van der Waals surface area (Å²) in [6.45, 7) is 3.70. The van der Waals surface area contributed by atoms with Crippen molar-refractivity contribution in [2.24, 2.45) is 0 Å². The van der Waals surface area contributed by atoms with Crippen molar-refractivity contribution in [2.45, 2.75) is 19.9 Å². The first kappa shape index (κ1) is 13.0. The number of phenolic OH excluding ortho intramolecular Hbond substituents is 1. The Kier molecular flexibility index (Phi) is 4.32. The van der Waals surface area contributed by atoms with E-state index in [1.165, 1.54) is 12.1 Å². The standard InChI is InChI=1S/C10H13ClN2O2S/c1-6(2)12-10(15)13(16)7-3-4-9(14)8(11)5-7/h3-6,14,16H,1-2H3,(H,12,15). The minimum absolute atomic E-state index is 0.0229. The zero-order chi connectivity index (χ0) is 12.3. The molecule has 0 bridgehead atoms. The van der Waals surface area contributed by atoms with E-state index < -0.39 is 0 Å². The van der Waals surface area contributed by atoms with Gasteiger partial charge in [0.25, 0.3) is 0 Å². The van der Waals surface area contributed by atoms with Crippen molar-refractivity contribution in [3.05, 3.63) is 23.2 Å². The van der Waals surface area contributed by atoms with Crippen molar-refractivity contribution < 1.29 is 9.90 Å². The van der Waals surface area contributed by atoms with Crippen molar-refractivity contribution in [3.8, 4) is 5.75 Å². The summed E-state index contributed by atoms with van der Waals surface area (Å²) >= 11 is 9.78. The van der Waals surface area contributed by atoms with E-state index in [1.807, 2.05) is 13.8 Å². The number of hydrogen-bond acceptors (Lipinski definition) is 3. The highest BCUT2D eigenvalue weighted by molar-refractivity contribution is 7.82. The Balaban J connectivity index is 2.83. The fraction of sp³-hybridized carbons (Fsp3) is 0.300. The third kappa shape index (κ3) is 3.21. The van der Waals surface area contributed by atoms with Crippen LogP contribution in [-0.2, 0) is 0 Å². The van der Waals surface area contributed by atoms with E-state index >= 15 is 0 Å². The molecule has 0 fully saturated rings. The van der Waals surface area contributed by atoms with Gasteiger partial charge in [0.1, 0.15) is 5.75 Å². The lowest BCUT2D eigenvalue weighted by Crippen LogP contribution is -2.38. The highest BCUT2D eigenvalue weighted by atomic mass is 35.5. The molecule has 0 radical (unpaired) electrons. The molecule has 0 atom stereocenters. The maximum atomic E-state index is 11.6. The summed E-state index contributed by atoms with van der Waals surface area (Å²) < 4.78 is 1.13. The summed E-state index contributed by atoms with van der Waals surface area (Å²) in [7, 11) is 0. The molecule has 0 aromatic heterocycles. The second-order valence-electron chi connectivity index (χ2n) is 3.55. The Labute approximate surface area is 105 Å². The average Bonchev–Trinajstić information content (AvgIpc) is 2.20. The van der Waals surface area contributed by atoms with Crippen LogP contribution in [0.5, 0.6) is 5.75 Å². The number of hydrogen-bond donors (Lipinski definition) is 3. The minimum Gasteiger partial charge on any atom is -0.506 e. The van der Waals surface area contributed by atoms with Crippen LogP contribution in [-0.4, -0.2) is 17.2 Å². The van der Waals surface area contributed by atoms with Crippen molar-refractivity contribution in [2.75, 3.05) is 4.31 Å². The van der Waals surface area contributed by atoms with Gasteiger partial charge < -0.3 is 10.4 Å². The first-order valence-corrected chi connectivity index (χ1v) is 5.47. The van der Waals surface area contributed by atoms with E-state index in [9.17, 15) is 9.90 Å². The first-order chi connectivity index (χ1) is 7.41. The number of anilines is 1. The maximum absolute atomic E-state index is 11.6. The fourth-order valence-corrected chi connectivity index (χ4v) is 1.41. The summed E-state index contributed by atoms with van der Waals surface area (Å²) in [4.78, 5) is 11.6. The molecule has 2 amide bonds. The van der Waals surface area contributed by atoms with Crippen molar-refractivity contribution in [1.82, 2.24) is 5.32 Å². The summed E-state index contributed by atoms with van der Waals surface area (Å²) in [6, 6.07) is 4.09. The van der Waals surface area contributed by atoms with Gasteiger partial charge in [-0.2, -0.15) is 0 Å². The van der Waals surface area contributed by atoms with Crippen molar-refractivity contribution >= 4 is 36.1 Å². The summed E-state index contributed by atoms with van der Waals surface area (Å²) in [6.07, 6.45) is 0. The molecule has 6 heteroatoms. The highest BCUT2D eigenvalue weighted by Gasteiger charge is 2.13. The molecule has 0 saturated heterocycles. The van der Waals surface area contributed by atoms with E-state index in [-0.39, 0.29) is 22.8 Å². The molecule has 4 nitrogen and oxygen atoms in total. The Morgan fingerprint density at radius 2 is 2.19 bits per heavy atom. The summed E-state index contributed by atoms with van der Waals surface area (Å²) in [5.41, 5.74) is 0.490. The van der Waals surface area contributed by atoms with Crippen molar-refractivity contribution in [1.29, 1.82) is 0 Å². The molecule has 2 N–H and O–H groups in total. The number of nitrogens with one attached hydrogen (secondary N) is 1. The maximum Gasteiger partial charge on any atom is 0.332 e. The quantitative estimate of drug-likeness (QED) is 0.716. The Hall–Kier alpha value is -1.07. The third-order valence-electron chi connectivity index (χ3n) is 1.78. The molecule has 16 heavy (non-hydrogen) atoms. The van der Waals surface area contributed by atoms with Crippen LogP contribution in [0.3, 0.4) is 0 Å². The number of amides is 2. The Bertz CT molecular complexity index is 398. The summed E-state index contributed by atoms with van der Waals surface area (Å²) in [5, 5.41) is 12.1. The predicted molar refractivity (Wildman–Crippen MR) is 68.2 cm³/mol. The second-order valence-corrected chi connectivity index (χ2v) is 4.36. The molecular weight excluding hydrogens is 248 g/mol. The molecule has 0 aliphatic carbocycles. The monoisotopic (exact) mass is 260 g/mol. The van der Waals surface area contributed by atoms with Gasteiger partial charge in [0, 0.05) is 6.04 Å². The lowest BCUT2D eigenvalue weighted by Gasteiger charge is -2.18. The number of halogens is 1. The number of benzene rings is 1. The van der Waals surface area contributed by atoms with Gasteiger partial charge >= 0.3 is 6.03 Å². The van der Waals surface area contributed by atoms with Gasteiger partial charge in [-0.25, -0.2) is 9.10 Å². The normalized spacial score (nSPS) is 10.3. The van der Waals surface area contributed by atoms with E-state index in [0.717, 1.165) is 4.31 Å². The van der Waals surface area contributed by atoms with Gasteiger partial charge in [0.15, 0.2) is 0 Å². The van der Waals surface area contributed by atoms with Crippen molar-refractivity contribution in [3.63, 3.8) is 0 Å². The van der Waals surface area contributed by atoms with Gasteiger partial charge in [-0.1, -0.05) is 24.4 Å². The molecule has 88 valence electrons. The topological polar surface area (TPSA) is 52.6 Å². The molecule has 0 aliphatic heterocycles. The van der Waals surface area contributed by atoms with Crippen LogP contribution in [0.2, 0.25) is 5.02 Å². The van der Waals surface area contributed by atoms with Gasteiger partial charge in [-0.3, -0.25) is 0 Å². The van der Waals surface area contributed by atoms with E-state index in [1.54, 1.807) is 6.07 Å². The molecular formula is C10H13ClN2O2S. The lowest BCUT2D eigenvalue weighted by atomic mass is 10.3. The molecule has 1 aromatic carbocycles. The lowest BCUT2D eigenvalue weighted by molar-refractivity contribution is 0.247. The minimum atomic E-state index is -0.347. The van der Waals surface area contributed by atoms with E-state index in [0.29, 0.717) is 5.69 Å². The fourth-order valence-electron chi connectivity index (χ4n) is 1.05. The number of carbonyl (C=O) groups is 1. The van der Waals surface area contributed by atoms with Crippen LogP contribution in [0.1, 0.15) is 13.8 Å². The number of nitrogens with zero attached hydrogens (tertiary/aromatic N) is 1. The molecule has 0 saturated carbocycles. The zero-order valence-electron chi connectivity index (χ0n) is 8.94. The van der Waals surface area contributed by atoms with Crippen LogP contribution in [0.15, 0.2) is 18.2 Å². The molecule has 1 aromatic rings. The number of phenols is 1. The largest absolute Gasteiger partial charge is 0.506 e. The van der Waals surface area contributed by atoms with E-state index in [2.05, 4.69) is 18.1 Å². The third-order valence-corrected chi connectivity index (χ3v) is 2.50. The van der Waals surface area contributed by atoms with Gasteiger partial charge in [-0.05, 0) is 32.0 Å².